The van der Waals surface area contributed by atoms with Gasteiger partial charge in [0.2, 0.25) is 0 Å². The van der Waals surface area contributed by atoms with Gasteiger partial charge in [0.25, 0.3) is 5.69 Å². The van der Waals surface area contributed by atoms with Crippen molar-refractivity contribution in [2.45, 2.75) is 32.3 Å². The minimum atomic E-state index is -0.674. The molecule has 1 N–H and O–H groups in total. The summed E-state index contributed by atoms with van der Waals surface area (Å²) in [5, 5.41) is 21.1. The predicted molar refractivity (Wildman–Crippen MR) is 69.9 cm³/mol. The van der Waals surface area contributed by atoms with Crippen LogP contribution in [0.15, 0.2) is 18.2 Å². The molecule has 5 nitrogen and oxygen atoms in total. The van der Waals surface area contributed by atoms with Crippen LogP contribution in [0.4, 0.5) is 11.4 Å². The Labute approximate surface area is 106 Å². The molecule has 18 heavy (non-hydrogen) atoms. The highest BCUT2D eigenvalue weighted by atomic mass is 16.6. The van der Waals surface area contributed by atoms with Crippen molar-refractivity contribution in [1.82, 2.24) is 0 Å². The molecule has 0 amide bonds. The third-order valence-electron chi connectivity index (χ3n) is 3.35. The number of benzene rings is 1. The fraction of sp³-hybridized carbons (Fsp3) is 0.538. The first-order valence-electron chi connectivity index (χ1n) is 6.17. The van der Waals surface area contributed by atoms with Gasteiger partial charge in [-0.3, -0.25) is 10.1 Å². The minimum absolute atomic E-state index is 0.110. The fourth-order valence-electron chi connectivity index (χ4n) is 2.50. The van der Waals surface area contributed by atoms with Crippen LogP contribution in [0.3, 0.4) is 0 Å². The third-order valence-corrected chi connectivity index (χ3v) is 3.35. The summed E-state index contributed by atoms with van der Waals surface area (Å²) in [6, 6.07) is 5.07. The van der Waals surface area contributed by atoms with Gasteiger partial charge < -0.3 is 10.0 Å². The summed E-state index contributed by atoms with van der Waals surface area (Å²) in [5.74, 6) is 0. The van der Waals surface area contributed by atoms with Gasteiger partial charge in [0, 0.05) is 19.2 Å². The molecule has 1 fully saturated rings. The molecule has 1 aliphatic rings. The number of aliphatic hydroxyl groups is 1. The van der Waals surface area contributed by atoms with Gasteiger partial charge in [0.1, 0.15) is 5.69 Å². The summed E-state index contributed by atoms with van der Waals surface area (Å²) in [6.45, 7) is 4.89. The molecule has 0 aliphatic carbocycles. The van der Waals surface area contributed by atoms with Crippen LogP contribution in [-0.4, -0.2) is 28.7 Å². The SMILES string of the molecule is CCCC1(O)CN(c2cc(C)ccc2[N+](=O)[O-])C1. The third kappa shape index (κ3) is 2.31. The summed E-state index contributed by atoms with van der Waals surface area (Å²) in [5.41, 5.74) is 1.04. The molecule has 0 atom stereocenters. The lowest BCUT2D eigenvalue weighted by molar-refractivity contribution is -0.384. The van der Waals surface area contributed by atoms with Crippen molar-refractivity contribution in [3.8, 4) is 0 Å². The highest BCUT2D eigenvalue weighted by Gasteiger charge is 2.42. The first-order chi connectivity index (χ1) is 8.45. The molecule has 0 bridgehead atoms. The Balaban J connectivity index is 2.20. The molecule has 1 aliphatic heterocycles. The molecule has 1 aromatic rings. The topological polar surface area (TPSA) is 66.6 Å². The lowest BCUT2D eigenvalue weighted by Crippen LogP contribution is -2.62. The second-order valence-electron chi connectivity index (χ2n) is 5.08. The Hall–Kier alpha value is -1.62. The molecule has 0 radical (unpaired) electrons. The lowest BCUT2D eigenvalue weighted by Gasteiger charge is -2.47. The van der Waals surface area contributed by atoms with Crippen LogP contribution < -0.4 is 4.90 Å². The van der Waals surface area contributed by atoms with Gasteiger partial charge in [-0.25, -0.2) is 0 Å². The van der Waals surface area contributed by atoms with E-state index in [2.05, 4.69) is 0 Å². The van der Waals surface area contributed by atoms with E-state index < -0.39 is 5.60 Å². The zero-order chi connectivity index (χ0) is 13.3. The molecular weight excluding hydrogens is 232 g/mol. The van der Waals surface area contributed by atoms with E-state index in [1.54, 1.807) is 6.07 Å². The van der Waals surface area contributed by atoms with Crippen molar-refractivity contribution < 1.29 is 10.0 Å². The van der Waals surface area contributed by atoms with Gasteiger partial charge in [-0.05, 0) is 25.0 Å². The number of anilines is 1. The Morgan fingerprint density at radius 3 is 2.72 bits per heavy atom. The van der Waals surface area contributed by atoms with Crippen molar-refractivity contribution in [3.63, 3.8) is 0 Å². The second kappa shape index (κ2) is 4.57. The fourth-order valence-corrected chi connectivity index (χ4v) is 2.50. The molecule has 1 aromatic carbocycles. The summed E-state index contributed by atoms with van der Waals surface area (Å²) in [4.78, 5) is 12.5. The summed E-state index contributed by atoms with van der Waals surface area (Å²) >= 11 is 0. The van der Waals surface area contributed by atoms with Crippen molar-refractivity contribution in [2.75, 3.05) is 18.0 Å². The second-order valence-corrected chi connectivity index (χ2v) is 5.08. The van der Waals surface area contributed by atoms with E-state index in [1.165, 1.54) is 6.07 Å². The number of hydrogen-bond acceptors (Lipinski definition) is 4. The van der Waals surface area contributed by atoms with Crippen LogP contribution in [-0.2, 0) is 0 Å². The van der Waals surface area contributed by atoms with Crippen molar-refractivity contribution >= 4 is 11.4 Å². The van der Waals surface area contributed by atoms with E-state index in [0.29, 0.717) is 18.8 Å². The number of β-amino-alcohol motifs (C(OH)–C–C–N with tert-alkyl or cyclic N) is 1. The van der Waals surface area contributed by atoms with Gasteiger partial charge >= 0.3 is 0 Å². The lowest BCUT2D eigenvalue weighted by atomic mass is 9.88. The van der Waals surface area contributed by atoms with E-state index >= 15 is 0 Å². The van der Waals surface area contributed by atoms with Crippen molar-refractivity contribution in [3.05, 3.63) is 33.9 Å². The smallest absolute Gasteiger partial charge is 0.292 e. The standard InChI is InChI=1S/C13H18N2O3/c1-3-6-13(16)8-14(9-13)12-7-10(2)4-5-11(12)15(17)18/h4-5,7,16H,3,6,8-9H2,1-2H3. The Morgan fingerprint density at radius 2 is 2.17 bits per heavy atom. The quantitative estimate of drug-likeness (QED) is 0.657. The number of nitro groups is 1. The van der Waals surface area contributed by atoms with Crippen LogP contribution in [0.5, 0.6) is 0 Å². The minimum Gasteiger partial charge on any atom is -0.386 e. The van der Waals surface area contributed by atoms with E-state index in [-0.39, 0.29) is 10.6 Å². The summed E-state index contributed by atoms with van der Waals surface area (Å²) in [7, 11) is 0. The van der Waals surface area contributed by atoms with Gasteiger partial charge in [-0.2, -0.15) is 0 Å². The normalized spacial score (nSPS) is 17.4. The number of aryl methyl sites for hydroxylation is 1. The average Bonchev–Trinajstić information content (AvgIpc) is 2.25. The predicted octanol–water partition coefficient (Wildman–Crippen LogP) is 2.25. The van der Waals surface area contributed by atoms with E-state index in [1.807, 2.05) is 24.8 Å². The number of hydrogen-bond donors (Lipinski definition) is 1. The number of nitrogens with zero attached hydrogens (tertiary/aromatic N) is 2. The molecule has 0 unspecified atom stereocenters. The maximum Gasteiger partial charge on any atom is 0.292 e. The van der Waals surface area contributed by atoms with E-state index in [9.17, 15) is 15.2 Å². The number of rotatable bonds is 4. The first-order valence-corrected chi connectivity index (χ1v) is 6.17. The van der Waals surface area contributed by atoms with Gasteiger partial charge in [0.15, 0.2) is 0 Å². The molecule has 0 spiro atoms. The zero-order valence-corrected chi connectivity index (χ0v) is 10.7. The summed E-state index contributed by atoms with van der Waals surface area (Å²) in [6.07, 6.45) is 1.66. The first kappa shape index (κ1) is 12.8. The van der Waals surface area contributed by atoms with Crippen molar-refractivity contribution in [1.29, 1.82) is 0 Å². The van der Waals surface area contributed by atoms with Gasteiger partial charge in [-0.15, -0.1) is 0 Å². The average molecular weight is 250 g/mol. The highest BCUT2D eigenvalue weighted by Crippen LogP contribution is 2.36. The Morgan fingerprint density at radius 1 is 1.50 bits per heavy atom. The zero-order valence-electron chi connectivity index (χ0n) is 10.7. The maximum absolute atomic E-state index is 11.0. The maximum atomic E-state index is 11.0. The molecule has 98 valence electrons. The Bertz CT molecular complexity index is 467. The molecule has 1 saturated heterocycles. The monoisotopic (exact) mass is 250 g/mol. The Kier molecular flexibility index (Phi) is 3.26. The van der Waals surface area contributed by atoms with Crippen LogP contribution in [0.2, 0.25) is 0 Å². The molecule has 5 heteroatoms. The van der Waals surface area contributed by atoms with Crippen LogP contribution in [0.25, 0.3) is 0 Å². The van der Waals surface area contributed by atoms with Crippen molar-refractivity contribution in [2.24, 2.45) is 0 Å². The van der Waals surface area contributed by atoms with Crippen LogP contribution >= 0.6 is 0 Å². The molecule has 0 aromatic heterocycles. The highest BCUT2D eigenvalue weighted by molar-refractivity contribution is 5.66. The van der Waals surface area contributed by atoms with Crippen LogP contribution in [0.1, 0.15) is 25.3 Å². The van der Waals surface area contributed by atoms with E-state index in [4.69, 9.17) is 0 Å². The van der Waals surface area contributed by atoms with Crippen LogP contribution in [0, 0.1) is 17.0 Å². The summed E-state index contributed by atoms with van der Waals surface area (Å²) < 4.78 is 0. The molecule has 0 saturated carbocycles. The van der Waals surface area contributed by atoms with Gasteiger partial charge in [0.05, 0.1) is 10.5 Å². The molecular formula is C13H18N2O3. The van der Waals surface area contributed by atoms with Gasteiger partial charge in [-0.1, -0.05) is 19.4 Å². The van der Waals surface area contributed by atoms with E-state index in [0.717, 1.165) is 18.4 Å². The number of nitro benzene ring substituents is 1. The molecule has 1 heterocycles. The largest absolute Gasteiger partial charge is 0.386 e. The molecule has 2 rings (SSSR count).